The van der Waals surface area contributed by atoms with Gasteiger partial charge in [-0.2, -0.15) is 0 Å². The maximum atomic E-state index is 12.2. The number of carbonyl (C=O) groups excluding carboxylic acids is 1. The van der Waals surface area contributed by atoms with Crippen molar-refractivity contribution in [1.29, 1.82) is 0 Å². The molecule has 0 radical (unpaired) electrons. The number of aromatic nitrogens is 1. The summed E-state index contributed by atoms with van der Waals surface area (Å²) >= 11 is 3.27. The van der Waals surface area contributed by atoms with Crippen molar-refractivity contribution in [3.05, 3.63) is 38.5 Å². The molecule has 3 heterocycles. The lowest BCUT2D eigenvalue weighted by Crippen LogP contribution is -2.49. The summed E-state index contributed by atoms with van der Waals surface area (Å²) in [7, 11) is 0. The SMILES string of the molecule is Cc1ncc(CN2CCC(NC(=O)c3cccs3)C(C)C2)s1. The van der Waals surface area contributed by atoms with E-state index in [0.29, 0.717) is 5.92 Å². The van der Waals surface area contributed by atoms with Crippen molar-refractivity contribution >= 4 is 28.6 Å². The maximum Gasteiger partial charge on any atom is 0.261 e. The Balaban J connectivity index is 1.52. The largest absolute Gasteiger partial charge is 0.348 e. The van der Waals surface area contributed by atoms with Gasteiger partial charge >= 0.3 is 0 Å². The lowest BCUT2D eigenvalue weighted by atomic mass is 9.93. The van der Waals surface area contributed by atoms with Gasteiger partial charge in [-0.15, -0.1) is 22.7 Å². The van der Waals surface area contributed by atoms with E-state index in [1.165, 1.54) is 16.2 Å². The van der Waals surface area contributed by atoms with E-state index in [4.69, 9.17) is 0 Å². The fourth-order valence-electron chi connectivity index (χ4n) is 2.94. The van der Waals surface area contributed by atoms with Crippen molar-refractivity contribution in [2.24, 2.45) is 5.92 Å². The minimum absolute atomic E-state index is 0.0679. The number of likely N-dealkylation sites (tertiary alicyclic amines) is 1. The molecule has 0 spiro atoms. The maximum absolute atomic E-state index is 12.2. The van der Waals surface area contributed by atoms with E-state index in [9.17, 15) is 4.79 Å². The Morgan fingerprint density at radius 2 is 2.41 bits per heavy atom. The van der Waals surface area contributed by atoms with Gasteiger partial charge in [0, 0.05) is 36.8 Å². The Kier molecular flexibility index (Phi) is 4.90. The van der Waals surface area contributed by atoms with Gasteiger partial charge in [0.05, 0.1) is 9.88 Å². The molecule has 0 aromatic carbocycles. The average molecular weight is 335 g/mol. The highest BCUT2D eigenvalue weighted by Gasteiger charge is 2.27. The first-order valence-electron chi connectivity index (χ1n) is 7.60. The Labute approximate surface area is 139 Å². The second-order valence-corrected chi connectivity index (χ2v) is 8.17. The zero-order valence-electron chi connectivity index (χ0n) is 12.9. The molecule has 0 saturated carbocycles. The van der Waals surface area contributed by atoms with Crippen molar-refractivity contribution in [2.75, 3.05) is 13.1 Å². The number of carbonyl (C=O) groups is 1. The molecule has 1 fully saturated rings. The zero-order valence-corrected chi connectivity index (χ0v) is 14.5. The molecular weight excluding hydrogens is 314 g/mol. The van der Waals surface area contributed by atoms with Crippen LogP contribution in [0.15, 0.2) is 23.7 Å². The molecule has 1 aliphatic heterocycles. The fourth-order valence-corrected chi connectivity index (χ4v) is 4.40. The monoisotopic (exact) mass is 335 g/mol. The molecule has 1 saturated heterocycles. The minimum Gasteiger partial charge on any atom is -0.348 e. The van der Waals surface area contributed by atoms with Crippen LogP contribution < -0.4 is 5.32 Å². The Bertz CT molecular complexity index is 623. The van der Waals surface area contributed by atoms with E-state index >= 15 is 0 Å². The first-order valence-corrected chi connectivity index (χ1v) is 9.29. The van der Waals surface area contributed by atoms with Crippen LogP contribution in [0.1, 0.15) is 32.9 Å². The molecule has 2 aromatic heterocycles. The first kappa shape index (κ1) is 15.6. The number of rotatable bonds is 4. The highest BCUT2D eigenvalue weighted by atomic mass is 32.1. The molecule has 3 rings (SSSR count). The van der Waals surface area contributed by atoms with E-state index in [-0.39, 0.29) is 11.9 Å². The Morgan fingerprint density at radius 3 is 3.05 bits per heavy atom. The molecule has 4 nitrogen and oxygen atoms in total. The van der Waals surface area contributed by atoms with Gasteiger partial charge < -0.3 is 5.32 Å². The van der Waals surface area contributed by atoms with Crippen LogP contribution in [0.3, 0.4) is 0 Å². The number of thiazole rings is 1. The predicted molar refractivity (Wildman–Crippen MR) is 91.5 cm³/mol. The van der Waals surface area contributed by atoms with Gasteiger partial charge in [0.15, 0.2) is 0 Å². The number of thiophene rings is 1. The van der Waals surface area contributed by atoms with Crippen LogP contribution in [0.4, 0.5) is 0 Å². The van der Waals surface area contributed by atoms with Crippen molar-refractivity contribution in [3.63, 3.8) is 0 Å². The average Bonchev–Trinajstić information content (AvgIpc) is 3.13. The summed E-state index contributed by atoms with van der Waals surface area (Å²) in [6.45, 7) is 7.29. The number of nitrogens with one attached hydrogen (secondary N) is 1. The van der Waals surface area contributed by atoms with Crippen LogP contribution in [-0.2, 0) is 6.54 Å². The van der Waals surface area contributed by atoms with Crippen molar-refractivity contribution < 1.29 is 4.79 Å². The highest BCUT2D eigenvalue weighted by Crippen LogP contribution is 2.22. The number of amides is 1. The van der Waals surface area contributed by atoms with E-state index in [0.717, 1.165) is 35.9 Å². The molecule has 118 valence electrons. The molecular formula is C16H21N3OS2. The van der Waals surface area contributed by atoms with Crippen LogP contribution >= 0.6 is 22.7 Å². The summed E-state index contributed by atoms with van der Waals surface area (Å²) in [6, 6.07) is 4.07. The molecule has 0 aliphatic carbocycles. The molecule has 22 heavy (non-hydrogen) atoms. The van der Waals surface area contributed by atoms with Crippen LogP contribution in [0.2, 0.25) is 0 Å². The molecule has 2 unspecified atom stereocenters. The van der Waals surface area contributed by atoms with E-state index in [1.807, 2.05) is 30.6 Å². The van der Waals surface area contributed by atoms with Gasteiger partial charge in [-0.3, -0.25) is 9.69 Å². The van der Waals surface area contributed by atoms with E-state index < -0.39 is 0 Å². The molecule has 1 aliphatic rings. The summed E-state index contributed by atoms with van der Waals surface area (Å²) in [5.74, 6) is 0.532. The molecule has 2 aromatic rings. The Morgan fingerprint density at radius 1 is 1.55 bits per heavy atom. The topological polar surface area (TPSA) is 45.2 Å². The zero-order chi connectivity index (χ0) is 15.5. The number of aryl methyl sites for hydroxylation is 1. The number of hydrogen-bond acceptors (Lipinski definition) is 5. The molecule has 1 N–H and O–H groups in total. The van der Waals surface area contributed by atoms with Gasteiger partial charge in [-0.25, -0.2) is 4.98 Å². The Hall–Kier alpha value is -1.24. The van der Waals surface area contributed by atoms with Crippen LogP contribution in [0.5, 0.6) is 0 Å². The van der Waals surface area contributed by atoms with Gasteiger partial charge in [0.25, 0.3) is 5.91 Å². The van der Waals surface area contributed by atoms with Gasteiger partial charge in [0.2, 0.25) is 0 Å². The number of piperidine rings is 1. The smallest absolute Gasteiger partial charge is 0.261 e. The van der Waals surface area contributed by atoms with Crippen LogP contribution in [0.25, 0.3) is 0 Å². The lowest BCUT2D eigenvalue weighted by molar-refractivity contribution is 0.0865. The first-order chi connectivity index (χ1) is 10.6. The third-order valence-electron chi connectivity index (χ3n) is 4.10. The van der Waals surface area contributed by atoms with Gasteiger partial charge in [-0.05, 0) is 30.7 Å². The van der Waals surface area contributed by atoms with E-state index in [1.54, 1.807) is 11.3 Å². The molecule has 2 atom stereocenters. The standard InChI is InChI=1S/C16H21N3OS2/c1-11-9-19(10-13-8-17-12(2)22-13)6-5-14(11)18-16(20)15-4-3-7-21-15/h3-4,7-8,11,14H,5-6,9-10H2,1-2H3,(H,18,20). The summed E-state index contributed by atoms with van der Waals surface area (Å²) in [5, 5.41) is 6.26. The lowest BCUT2D eigenvalue weighted by Gasteiger charge is -2.37. The molecule has 6 heteroatoms. The number of hydrogen-bond donors (Lipinski definition) is 1. The molecule has 0 bridgehead atoms. The fraction of sp³-hybridized carbons (Fsp3) is 0.500. The van der Waals surface area contributed by atoms with Gasteiger partial charge in [-0.1, -0.05) is 13.0 Å². The quantitative estimate of drug-likeness (QED) is 0.933. The van der Waals surface area contributed by atoms with Gasteiger partial charge in [0.1, 0.15) is 0 Å². The normalized spacial score (nSPS) is 22.6. The van der Waals surface area contributed by atoms with E-state index in [2.05, 4.69) is 22.1 Å². The third kappa shape index (κ3) is 3.74. The van der Waals surface area contributed by atoms with Crippen molar-refractivity contribution in [2.45, 2.75) is 32.9 Å². The van der Waals surface area contributed by atoms with Crippen LogP contribution in [-0.4, -0.2) is 34.9 Å². The third-order valence-corrected chi connectivity index (χ3v) is 5.87. The summed E-state index contributed by atoms with van der Waals surface area (Å²) in [4.78, 5) is 21.1. The predicted octanol–water partition coefficient (Wildman–Crippen LogP) is 3.15. The molecule has 1 amide bonds. The summed E-state index contributed by atoms with van der Waals surface area (Å²) in [5.41, 5.74) is 0. The number of nitrogens with zero attached hydrogens (tertiary/aromatic N) is 2. The second-order valence-electron chi connectivity index (χ2n) is 5.90. The summed E-state index contributed by atoms with van der Waals surface area (Å²) in [6.07, 6.45) is 2.99. The highest BCUT2D eigenvalue weighted by molar-refractivity contribution is 7.12. The summed E-state index contributed by atoms with van der Waals surface area (Å²) < 4.78 is 0. The van der Waals surface area contributed by atoms with Crippen molar-refractivity contribution in [1.82, 2.24) is 15.2 Å². The van der Waals surface area contributed by atoms with Crippen LogP contribution in [0, 0.1) is 12.8 Å². The second kappa shape index (κ2) is 6.89. The minimum atomic E-state index is 0.0679. The van der Waals surface area contributed by atoms with Crippen molar-refractivity contribution in [3.8, 4) is 0 Å².